The smallest absolute Gasteiger partial charge is 0.391 e. The third-order valence-electron chi connectivity index (χ3n) is 3.78. The minimum atomic E-state index is -4.24. The molecule has 21 heavy (non-hydrogen) atoms. The van der Waals surface area contributed by atoms with Crippen LogP contribution in [0.3, 0.4) is 0 Å². The molecule has 7 heteroatoms. The van der Waals surface area contributed by atoms with Gasteiger partial charge in [-0.15, -0.1) is 0 Å². The van der Waals surface area contributed by atoms with Gasteiger partial charge in [-0.1, -0.05) is 18.0 Å². The van der Waals surface area contributed by atoms with E-state index in [9.17, 15) is 18.0 Å². The van der Waals surface area contributed by atoms with E-state index in [0.717, 1.165) is 0 Å². The number of nitrogens with two attached hydrogens (primary N) is 1. The zero-order chi connectivity index (χ0) is 15.6. The maximum atomic E-state index is 12.8. The summed E-state index contributed by atoms with van der Waals surface area (Å²) in [7, 11) is 0. The largest absolute Gasteiger partial charge is 0.397 e. The zero-order valence-corrected chi connectivity index (χ0v) is 12.0. The average molecular weight is 321 g/mol. The summed E-state index contributed by atoms with van der Waals surface area (Å²) < 4.78 is 38.3. The topological polar surface area (TPSA) is 55.1 Å². The molecule has 2 atom stereocenters. The first kappa shape index (κ1) is 15.9. The van der Waals surface area contributed by atoms with Gasteiger partial charge in [-0.05, 0) is 37.5 Å². The molecule has 1 aliphatic rings. The lowest BCUT2D eigenvalue weighted by Gasteiger charge is -2.29. The van der Waals surface area contributed by atoms with Gasteiger partial charge < -0.3 is 11.1 Å². The van der Waals surface area contributed by atoms with Gasteiger partial charge in [0.1, 0.15) is 0 Å². The van der Waals surface area contributed by atoms with Crippen LogP contribution in [0.25, 0.3) is 0 Å². The van der Waals surface area contributed by atoms with Crippen LogP contribution in [0, 0.1) is 11.8 Å². The van der Waals surface area contributed by atoms with Crippen molar-refractivity contribution in [1.29, 1.82) is 0 Å². The Morgan fingerprint density at radius 1 is 1.33 bits per heavy atom. The van der Waals surface area contributed by atoms with E-state index in [1.807, 2.05) is 0 Å². The Morgan fingerprint density at radius 2 is 2.05 bits per heavy atom. The number of halogens is 4. The SMILES string of the molecule is Nc1ccc(Cl)cc1NC(=O)C1CCCC(C(F)(F)F)C1. The first-order valence-electron chi connectivity index (χ1n) is 6.70. The molecule has 1 aromatic carbocycles. The molecule has 2 unspecified atom stereocenters. The van der Waals surface area contributed by atoms with Crippen LogP contribution >= 0.6 is 11.6 Å². The maximum absolute atomic E-state index is 12.8. The van der Waals surface area contributed by atoms with Crippen molar-refractivity contribution in [3.63, 3.8) is 0 Å². The molecule has 0 radical (unpaired) electrons. The van der Waals surface area contributed by atoms with Gasteiger partial charge >= 0.3 is 6.18 Å². The number of carbonyl (C=O) groups excluding carboxylic acids is 1. The maximum Gasteiger partial charge on any atom is 0.391 e. The van der Waals surface area contributed by atoms with E-state index >= 15 is 0 Å². The summed E-state index contributed by atoms with van der Waals surface area (Å²) in [5.41, 5.74) is 6.37. The van der Waals surface area contributed by atoms with Crippen LogP contribution in [-0.2, 0) is 4.79 Å². The van der Waals surface area contributed by atoms with Crippen molar-refractivity contribution in [1.82, 2.24) is 0 Å². The zero-order valence-electron chi connectivity index (χ0n) is 11.2. The number of hydrogen-bond acceptors (Lipinski definition) is 2. The van der Waals surface area contributed by atoms with Crippen LogP contribution < -0.4 is 11.1 Å². The van der Waals surface area contributed by atoms with Gasteiger partial charge in [0.15, 0.2) is 0 Å². The predicted molar refractivity (Wildman–Crippen MR) is 76.0 cm³/mol. The van der Waals surface area contributed by atoms with Crippen molar-refractivity contribution in [3.8, 4) is 0 Å². The highest BCUT2D eigenvalue weighted by atomic mass is 35.5. The van der Waals surface area contributed by atoms with Crippen molar-refractivity contribution in [3.05, 3.63) is 23.2 Å². The van der Waals surface area contributed by atoms with Gasteiger partial charge in [0.25, 0.3) is 0 Å². The lowest BCUT2D eigenvalue weighted by Crippen LogP contribution is -2.34. The molecular weight excluding hydrogens is 305 g/mol. The second-order valence-corrected chi connectivity index (χ2v) is 5.76. The molecule has 1 fully saturated rings. The third kappa shape index (κ3) is 4.03. The lowest BCUT2D eigenvalue weighted by molar-refractivity contribution is -0.185. The van der Waals surface area contributed by atoms with Crippen molar-refractivity contribution in [2.45, 2.75) is 31.9 Å². The highest BCUT2D eigenvalue weighted by Gasteiger charge is 2.43. The monoisotopic (exact) mass is 320 g/mol. The van der Waals surface area contributed by atoms with E-state index in [0.29, 0.717) is 29.2 Å². The second kappa shape index (κ2) is 6.13. The van der Waals surface area contributed by atoms with Gasteiger partial charge in [0.05, 0.1) is 17.3 Å². The molecule has 0 bridgehead atoms. The summed E-state index contributed by atoms with van der Waals surface area (Å²) >= 11 is 5.81. The minimum absolute atomic E-state index is 0.0899. The molecule has 1 aromatic rings. The van der Waals surface area contributed by atoms with Gasteiger partial charge in [-0.25, -0.2) is 0 Å². The standard InChI is InChI=1S/C14H16ClF3N2O/c15-10-4-5-11(19)12(7-10)20-13(21)8-2-1-3-9(6-8)14(16,17)18/h4-5,7-9H,1-3,6,19H2,(H,20,21). The molecule has 1 saturated carbocycles. The summed E-state index contributed by atoms with van der Waals surface area (Å²) in [6.07, 6.45) is -3.47. The highest BCUT2D eigenvalue weighted by molar-refractivity contribution is 6.31. The molecule has 0 aromatic heterocycles. The van der Waals surface area contributed by atoms with Crippen molar-refractivity contribution >= 4 is 28.9 Å². The summed E-state index contributed by atoms with van der Waals surface area (Å²) in [6, 6.07) is 4.60. The average Bonchev–Trinajstić information content (AvgIpc) is 2.42. The summed E-state index contributed by atoms with van der Waals surface area (Å²) in [5.74, 6) is -2.49. The molecule has 1 amide bonds. The van der Waals surface area contributed by atoms with Crippen LogP contribution in [0.5, 0.6) is 0 Å². The molecule has 3 N–H and O–H groups in total. The van der Waals surface area contributed by atoms with E-state index in [2.05, 4.69) is 5.32 Å². The predicted octanol–water partition coefficient (Wildman–Crippen LogP) is 4.23. The Kier molecular flexibility index (Phi) is 4.66. The van der Waals surface area contributed by atoms with Crippen LogP contribution in [0.4, 0.5) is 24.5 Å². The second-order valence-electron chi connectivity index (χ2n) is 5.32. The normalized spacial score (nSPS) is 22.9. The Balaban J connectivity index is 2.04. The van der Waals surface area contributed by atoms with Gasteiger partial charge in [-0.2, -0.15) is 13.2 Å². The summed E-state index contributed by atoms with van der Waals surface area (Å²) in [5, 5.41) is 2.98. The number of carbonyl (C=O) groups is 1. The minimum Gasteiger partial charge on any atom is -0.397 e. The lowest BCUT2D eigenvalue weighted by atomic mass is 9.80. The van der Waals surface area contributed by atoms with E-state index in [1.165, 1.54) is 12.1 Å². The van der Waals surface area contributed by atoms with E-state index in [4.69, 9.17) is 17.3 Å². The fraction of sp³-hybridized carbons (Fsp3) is 0.500. The molecule has 0 aliphatic heterocycles. The molecule has 0 heterocycles. The third-order valence-corrected chi connectivity index (χ3v) is 4.02. The van der Waals surface area contributed by atoms with Crippen LogP contribution in [0.1, 0.15) is 25.7 Å². The number of amides is 1. The summed E-state index contributed by atoms with van der Waals surface area (Å²) in [4.78, 5) is 12.1. The van der Waals surface area contributed by atoms with E-state index in [-0.39, 0.29) is 12.8 Å². The number of nitrogens with one attached hydrogen (secondary N) is 1. The molecule has 116 valence electrons. The Morgan fingerprint density at radius 3 is 2.71 bits per heavy atom. The van der Waals surface area contributed by atoms with Crippen molar-refractivity contribution in [2.75, 3.05) is 11.1 Å². The van der Waals surface area contributed by atoms with E-state index < -0.39 is 23.9 Å². The fourth-order valence-electron chi connectivity index (χ4n) is 2.60. The Bertz CT molecular complexity index is 533. The number of benzene rings is 1. The van der Waals surface area contributed by atoms with Crippen LogP contribution in [0.2, 0.25) is 5.02 Å². The fourth-order valence-corrected chi connectivity index (χ4v) is 2.77. The first-order valence-corrected chi connectivity index (χ1v) is 7.08. The van der Waals surface area contributed by atoms with Crippen molar-refractivity contribution < 1.29 is 18.0 Å². The Hall–Kier alpha value is -1.43. The molecule has 3 nitrogen and oxygen atoms in total. The van der Waals surface area contributed by atoms with Crippen molar-refractivity contribution in [2.24, 2.45) is 11.8 Å². The highest BCUT2D eigenvalue weighted by Crippen LogP contribution is 2.40. The van der Waals surface area contributed by atoms with Gasteiger partial charge in [-0.3, -0.25) is 4.79 Å². The van der Waals surface area contributed by atoms with E-state index in [1.54, 1.807) is 6.07 Å². The van der Waals surface area contributed by atoms with Gasteiger partial charge in [0, 0.05) is 10.9 Å². The quantitative estimate of drug-likeness (QED) is 0.801. The number of anilines is 2. The number of alkyl halides is 3. The molecule has 0 spiro atoms. The molecule has 1 aliphatic carbocycles. The summed E-state index contributed by atoms with van der Waals surface area (Å²) in [6.45, 7) is 0. The number of nitrogen functional groups attached to an aromatic ring is 1. The number of hydrogen-bond donors (Lipinski definition) is 2. The molecular formula is C14H16ClF3N2O. The van der Waals surface area contributed by atoms with Gasteiger partial charge in [0.2, 0.25) is 5.91 Å². The molecule has 2 rings (SSSR count). The molecule has 0 saturated heterocycles. The number of rotatable bonds is 2. The van der Waals surface area contributed by atoms with Crippen LogP contribution in [0.15, 0.2) is 18.2 Å². The first-order chi connectivity index (χ1) is 9.77. The Labute approximate surface area is 125 Å². The van der Waals surface area contributed by atoms with Crippen LogP contribution in [-0.4, -0.2) is 12.1 Å².